The average molecular weight is 221 g/mol. The van der Waals surface area contributed by atoms with E-state index in [1.54, 1.807) is 0 Å². The van der Waals surface area contributed by atoms with Crippen molar-refractivity contribution in [3.05, 3.63) is 0 Å². The lowest BCUT2D eigenvalue weighted by Gasteiger charge is -2.29. The second-order valence-electron chi connectivity index (χ2n) is 4.56. The van der Waals surface area contributed by atoms with Crippen LogP contribution in [0.5, 0.6) is 0 Å². The number of alkyl halides is 1. The third kappa shape index (κ3) is 3.14. The summed E-state index contributed by atoms with van der Waals surface area (Å²) in [6.07, 6.45) is 1.39. The number of rotatable bonds is 1. The van der Waals surface area contributed by atoms with E-state index >= 15 is 0 Å². The summed E-state index contributed by atoms with van der Waals surface area (Å²) >= 11 is 5.88. The van der Waals surface area contributed by atoms with E-state index in [0.717, 1.165) is 12.8 Å². The molecule has 0 aromatic carbocycles. The summed E-state index contributed by atoms with van der Waals surface area (Å²) in [6.45, 7) is 6.12. The van der Waals surface area contributed by atoms with Gasteiger partial charge >= 0.3 is 5.97 Å². The van der Waals surface area contributed by atoms with Gasteiger partial charge in [-0.25, -0.2) is 0 Å². The zero-order chi connectivity index (χ0) is 10.8. The maximum absolute atomic E-state index is 11.5. The number of ether oxygens (including phenoxy) is 2. The fraction of sp³-hybridized carbons (Fsp3) is 0.900. The summed E-state index contributed by atoms with van der Waals surface area (Å²) in [5, 5.41) is 0. The number of hydrogen-bond acceptors (Lipinski definition) is 3. The van der Waals surface area contributed by atoms with E-state index in [1.807, 2.05) is 20.8 Å². The van der Waals surface area contributed by atoms with Crippen LogP contribution in [0.4, 0.5) is 0 Å². The van der Waals surface area contributed by atoms with E-state index in [9.17, 15) is 4.79 Å². The molecule has 4 heteroatoms. The number of carbonyl (C=O) groups is 1. The molecule has 3 nitrogen and oxygen atoms in total. The number of carbonyl (C=O) groups excluding carboxylic acids is 1. The molecule has 1 fully saturated rings. The van der Waals surface area contributed by atoms with Gasteiger partial charge in [0.1, 0.15) is 6.10 Å². The molecule has 2 unspecified atom stereocenters. The van der Waals surface area contributed by atoms with Crippen molar-refractivity contribution >= 4 is 17.6 Å². The fourth-order valence-corrected chi connectivity index (χ4v) is 1.41. The minimum Gasteiger partial charge on any atom is -0.458 e. The zero-order valence-electron chi connectivity index (χ0n) is 8.88. The topological polar surface area (TPSA) is 35.5 Å². The Morgan fingerprint density at radius 2 is 2.14 bits per heavy atom. The van der Waals surface area contributed by atoms with Crippen LogP contribution >= 0.6 is 11.6 Å². The molecule has 0 bridgehead atoms. The van der Waals surface area contributed by atoms with Gasteiger partial charge in [-0.1, -0.05) is 11.6 Å². The van der Waals surface area contributed by atoms with E-state index in [4.69, 9.17) is 21.1 Å². The van der Waals surface area contributed by atoms with Crippen molar-refractivity contribution < 1.29 is 14.3 Å². The van der Waals surface area contributed by atoms with Crippen LogP contribution in [-0.2, 0) is 14.3 Å². The number of hydrogen-bond donors (Lipinski definition) is 0. The Hall–Kier alpha value is -0.280. The maximum atomic E-state index is 11.5. The highest BCUT2D eigenvalue weighted by Gasteiger charge is 2.31. The van der Waals surface area contributed by atoms with Crippen molar-refractivity contribution in [2.24, 2.45) is 5.41 Å². The Bertz CT molecular complexity index is 210. The normalized spacial score (nSPS) is 28.6. The van der Waals surface area contributed by atoms with Crippen LogP contribution < -0.4 is 0 Å². The molecule has 0 radical (unpaired) electrons. The first kappa shape index (κ1) is 11.8. The summed E-state index contributed by atoms with van der Waals surface area (Å²) in [5.41, 5.74) is -0.969. The fourth-order valence-electron chi connectivity index (χ4n) is 1.15. The third-order valence-electron chi connectivity index (χ3n) is 2.07. The first-order valence-corrected chi connectivity index (χ1v) is 5.31. The van der Waals surface area contributed by atoms with Crippen LogP contribution in [0.25, 0.3) is 0 Å². The summed E-state index contributed by atoms with van der Waals surface area (Å²) in [5.74, 6) is -0.223. The molecule has 0 N–H and O–H groups in total. The zero-order valence-corrected chi connectivity index (χ0v) is 9.63. The molecule has 0 aliphatic carbocycles. The highest BCUT2D eigenvalue weighted by molar-refractivity contribution is 6.20. The standard InChI is InChI=1S/C10H17ClO3/c1-10(2,3)9(12)14-7-5-4-6-13-8(7)11/h7-8H,4-6H2,1-3H3. The first-order valence-electron chi connectivity index (χ1n) is 4.88. The first-order chi connectivity index (χ1) is 6.41. The lowest BCUT2D eigenvalue weighted by atomic mass is 9.97. The van der Waals surface area contributed by atoms with Crippen LogP contribution in [0, 0.1) is 5.41 Å². The Balaban J connectivity index is 2.46. The van der Waals surface area contributed by atoms with Crippen LogP contribution in [0.15, 0.2) is 0 Å². The van der Waals surface area contributed by atoms with Crippen molar-refractivity contribution in [1.29, 1.82) is 0 Å². The second-order valence-corrected chi connectivity index (χ2v) is 4.99. The Kier molecular flexibility index (Phi) is 3.78. The van der Waals surface area contributed by atoms with Crippen molar-refractivity contribution in [3.8, 4) is 0 Å². The van der Waals surface area contributed by atoms with Crippen LogP contribution in [0.3, 0.4) is 0 Å². The van der Waals surface area contributed by atoms with E-state index in [2.05, 4.69) is 0 Å². The average Bonchev–Trinajstić information content (AvgIpc) is 2.07. The molecule has 14 heavy (non-hydrogen) atoms. The van der Waals surface area contributed by atoms with Gasteiger partial charge in [-0.3, -0.25) is 4.79 Å². The van der Waals surface area contributed by atoms with E-state index < -0.39 is 11.0 Å². The lowest BCUT2D eigenvalue weighted by molar-refractivity contribution is -0.167. The van der Waals surface area contributed by atoms with Gasteiger partial charge < -0.3 is 9.47 Å². The van der Waals surface area contributed by atoms with Gasteiger partial charge in [-0.2, -0.15) is 0 Å². The Morgan fingerprint density at radius 3 is 2.64 bits per heavy atom. The maximum Gasteiger partial charge on any atom is 0.311 e. The van der Waals surface area contributed by atoms with Crippen LogP contribution in [-0.4, -0.2) is 24.2 Å². The Labute approximate surface area is 89.7 Å². The molecular formula is C10H17ClO3. The minimum atomic E-state index is -0.491. The number of halogens is 1. The molecule has 1 heterocycles. The van der Waals surface area contributed by atoms with Crippen LogP contribution in [0.2, 0.25) is 0 Å². The van der Waals surface area contributed by atoms with Crippen LogP contribution in [0.1, 0.15) is 33.6 Å². The molecule has 0 spiro atoms. The lowest BCUT2D eigenvalue weighted by Crippen LogP contribution is -2.37. The predicted octanol–water partition coefficient (Wildman–Crippen LogP) is 2.32. The van der Waals surface area contributed by atoms with Gasteiger partial charge in [0, 0.05) is 6.61 Å². The molecule has 0 amide bonds. The summed E-state index contributed by atoms with van der Waals surface area (Å²) in [4.78, 5) is 11.5. The minimum absolute atomic E-state index is 0.223. The summed E-state index contributed by atoms with van der Waals surface area (Å²) < 4.78 is 10.5. The van der Waals surface area contributed by atoms with Gasteiger partial charge in [0.05, 0.1) is 5.41 Å². The summed E-state index contributed by atoms with van der Waals surface area (Å²) in [7, 11) is 0. The predicted molar refractivity (Wildman–Crippen MR) is 54.2 cm³/mol. The van der Waals surface area contributed by atoms with Gasteiger partial charge in [0.2, 0.25) is 0 Å². The Morgan fingerprint density at radius 1 is 1.50 bits per heavy atom. The molecule has 1 aliphatic rings. The van der Waals surface area contributed by atoms with Crippen molar-refractivity contribution in [3.63, 3.8) is 0 Å². The van der Waals surface area contributed by atoms with Gasteiger partial charge in [-0.15, -0.1) is 0 Å². The highest BCUT2D eigenvalue weighted by Crippen LogP contribution is 2.24. The van der Waals surface area contributed by atoms with E-state index in [1.165, 1.54) is 0 Å². The molecule has 0 aromatic rings. The van der Waals surface area contributed by atoms with Crippen molar-refractivity contribution in [2.75, 3.05) is 6.61 Å². The second kappa shape index (κ2) is 4.49. The van der Waals surface area contributed by atoms with Gasteiger partial charge in [0.25, 0.3) is 0 Å². The molecule has 0 saturated carbocycles. The molecule has 1 rings (SSSR count). The monoisotopic (exact) mass is 220 g/mol. The van der Waals surface area contributed by atoms with Gasteiger partial charge in [-0.05, 0) is 33.6 Å². The quantitative estimate of drug-likeness (QED) is 0.503. The van der Waals surface area contributed by atoms with Crippen molar-refractivity contribution in [1.82, 2.24) is 0 Å². The van der Waals surface area contributed by atoms with Crippen molar-refractivity contribution in [2.45, 2.75) is 45.3 Å². The SMILES string of the molecule is CC(C)(C)C(=O)OC1CCCOC1Cl. The van der Waals surface area contributed by atoms with Gasteiger partial charge in [0.15, 0.2) is 5.56 Å². The van der Waals surface area contributed by atoms with E-state index in [0.29, 0.717) is 6.61 Å². The highest BCUT2D eigenvalue weighted by atomic mass is 35.5. The molecule has 0 aromatic heterocycles. The number of esters is 1. The molecule has 1 aliphatic heterocycles. The molecular weight excluding hydrogens is 204 g/mol. The summed E-state index contributed by atoms with van der Waals surface area (Å²) in [6, 6.07) is 0. The third-order valence-corrected chi connectivity index (χ3v) is 2.48. The molecule has 1 saturated heterocycles. The largest absolute Gasteiger partial charge is 0.458 e. The smallest absolute Gasteiger partial charge is 0.311 e. The molecule has 82 valence electrons. The molecule has 2 atom stereocenters. The van der Waals surface area contributed by atoms with E-state index in [-0.39, 0.29) is 12.1 Å².